The molecule has 6 heteroatoms. The number of fused-ring (bicyclic) bond motifs is 1. The van der Waals surface area contributed by atoms with Gasteiger partial charge in [0.05, 0.1) is 11.7 Å². The summed E-state index contributed by atoms with van der Waals surface area (Å²) in [4.78, 5) is 0. The highest BCUT2D eigenvalue weighted by atomic mass is 35.5. The third-order valence-corrected chi connectivity index (χ3v) is 4.36. The fourth-order valence-electron chi connectivity index (χ4n) is 3.17. The maximum atomic E-state index is 13.3. The van der Waals surface area contributed by atoms with Gasteiger partial charge in [-0.1, -0.05) is 24.3 Å². The second kappa shape index (κ2) is 7.07. The minimum Gasteiger partial charge on any atom is -0.388 e. The van der Waals surface area contributed by atoms with E-state index in [0.717, 1.165) is 32.0 Å². The maximum absolute atomic E-state index is 13.3. The number of alkyl halides is 3. The van der Waals surface area contributed by atoms with Gasteiger partial charge in [0, 0.05) is 0 Å². The van der Waals surface area contributed by atoms with Crippen molar-refractivity contribution in [1.82, 2.24) is 5.32 Å². The van der Waals surface area contributed by atoms with Gasteiger partial charge in [-0.2, -0.15) is 13.2 Å². The first-order chi connectivity index (χ1) is 10.5. The van der Waals surface area contributed by atoms with Crippen molar-refractivity contribution in [1.29, 1.82) is 0 Å². The second-order valence-corrected chi connectivity index (χ2v) is 5.82. The van der Waals surface area contributed by atoms with Gasteiger partial charge in [0.15, 0.2) is 0 Å². The first kappa shape index (κ1) is 18.0. The van der Waals surface area contributed by atoms with E-state index in [2.05, 4.69) is 5.32 Å². The molecular weight excluding hydrogens is 327 g/mol. The molecule has 0 radical (unpaired) electrons. The number of hydrogen-bond donors (Lipinski definition) is 2. The van der Waals surface area contributed by atoms with Crippen molar-refractivity contribution in [3.63, 3.8) is 0 Å². The molecule has 2 aromatic carbocycles. The molecule has 1 heterocycles. The molecule has 3 rings (SSSR count). The number of halogens is 4. The number of aliphatic hydroxyl groups excluding tert-OH is 1. The van der Waals surface area contributed by atoms with Crippen LogP contribution in [0.1, 0.15) is 30.1 Å². The number of aliphatic hydroxyl groups is 1. The molecular formula is C17H19ClF3NO. The number of piperidine rings is 1. The van der Waals surface area contributed by atoms with Crippen LogP contribution in [0, 0.1) is 5.92 Å². The third-order valence-electron chi connectivity index (χ3n) is 4.36. The smallest absolute Gasteiger partial charge is 0.388 e. The van der Waals surface area contributed by atoms with E-state index in [1.807, 2.05) is 0 Å². The average molecular weight is 346 g/mol. The largest absolute Gasteiger partial charge is 0.417 e. The van der Waals surface area contributed by atoms with E-state index in [4.69, 9.17) is 0 Å². The van der Waals surface area contributed by atoms with Crippen LogP contribution in [0.15, 0.2) is 36.4 Å². The van der Waals surface area contributed by atoms with Crippen molar-refractivity contribution in [3.05, 3.63) is 47.5 Å². The molecule has 2 N–H and O–H groups in total. The Morgan fingerprint density at radius 3 is 2.39 bits per heavy atom. The molecule has 1 aliphatic heterocycles. The molecule has 0 bridgehead atoms. The molecule has 1 aliphatic rings. The van der Waals surface area contributed by atoms with Crippen LogP contribution in [0.25, 0.3) is 10.8 Å². The lowest BCUT2D eigenvalue weighted by Crippen LogP contribution is -2.31. The SMILES string of the molecule is Cl.OC(c1cc(C(F)(F)F)c2ccccc2c1)C1CCNCC1. The number of hydrogen-bond acceptors (Lipinski definition) is 2. The van der Waals surface area contributed by atoms with Gasteiger partial charge in [0.1, 0.15) is 0 Å². The summed E-state index contributed by atoms with van der Waals surface area (Å²) in [6.45, 7) is 1.59. The summed E-state index contributed by atoms with van der Waals surface area (Å²) in [5.41, 5.74) is -0.313. The van der Waals surface area contributed by atoms with Crippen LogP contribution in [-0.4, -0.2) is 18.2 Å². The zero-order chi connectivity index (χ0) is 15.7. The highest BCUT2D eigenvalue weighted by Gasteiger charge is 2.34. The third kappa shape index (κ3) is 3.79. The Balaban J connectivity index is 0.00000192. The molecule has 23 heavy (non-hydrogen) atoms. The lowest BCUT2D eigenvalue weighted by molar-refractivity contribution is -0.136. The molecule has 0 aromatic heterocycles. The molecule has 1 atom stereocenters. The summed E-state index contributed by atoms with van der Waals surface area (Å²) in [6, 6.07) is 9.22. The Hall–Kier alpha value is -1.30. The maximum Gasteiger partial charge on any atom is 0.417 e. The highest BCUT2D eigenvalue weighted by molar-refractivity contribution is 5.87. The quantitative estimate of drug-likeness (QED) is 0.850. The van der Waals surface area contributed by atoms with Crippen LogP contribution < -0.4 is 5.32 Å². The van der Waals surface area contributed by atoms with Gasteiger partial charge >= 0.3 is 6.18 Å². The summed E-state index contributed by atoms with van der Waals surface area (Å²) < 4.78 is 39.9. The van der Waals surface area contributed by atoms with Crippen molar-refractivity contribution in [2.24, 2.45) is 5.92 Å². The molecule has 1 unspecified atom stereocenters. The first-order valence-corrected chi connectivity index (χ1v) is 7.45. The van der Waals surface area contributed by atoms with E-state index >= 15 is 0 Å². The fraction of sp³-hybridized carbons (Fsp3) is 0.412. The Bertz CT molecular complexity index is 668. The van der Waals surface area contributed by atoms with Crippen molar-refractivity contribution in [3.8, 4) is 0 Å². The van der Waals surface area contributed by atoms with Crippen LogP contribution in [0.2, 0.25) is 0 Å². The van der Waals surface area contributed by atoms with Crippen LogP contribution in [-0.2, 0) is 6.18 Å². The topological polar surface area (TPSA) is 32.3 Å². The molecule has 0 aliphatic carbocycles. The predicted octanol–water partition coefficient (Wildman–Crippen LogP) is 4.31. The second-order valence-electron chi connectivity index (χ2n) is 5.82. The van der Waals surface area contributed by atoms with Gasteiger partial charge in [0.25, 0.3) is 0 Å². The van der Waals surface area contributed by atoms with E-state index < -0.39 is 17.8 Å². The number of nitrogens with one attached hydrogen (secondary N) is 1. The van der Waals surface area contributed by atoms with E-state index in [1.54, 1.807) is 24.3 Å². The minimum atomic E-state index is -4.43. The molecule has 126 valence electrons. The summed E-state index contributed by atoms with van der Waals surface area (Å²) in [5, 5.41) is 14.4. The predicted molar refractivity (Wildman–Crippen MR) is 86.8 cm³/mol. The van der Waals surface area contributed by atoms with Gasteiger partial charge in [-0.15, -0.1) is 12.4 Å². The zero-order valence-electron chi connectivity index (χ0n) is 12.4. The molecule has 0 saturated carbocycles. The van der Waals surface area contributed by atoms with Gasteiger partial charge < -0.3 is 10.4 Å². The van der Waals surface area contributed by atoms with E-state index in [-0.39, 0.29) is 23.7 Å². The fourth-order valence-corrected chi connectivity index (χ4v) is 3.17. The van der Waals surface area contributed by atoms with E-state index in [9.17, 15) is 18.3 Å². The van der Waals surface area contributed by atoms with Crippen LogP contribution in [0.4, 0.5) is 13.2 Å². The molecule has 1 fully saturated rings. The monoisotopic (exact) mass is 345 g/mol. The summed E-state index contributed by atoms with van der Waals surface area (Å²) in [6.07, 6.45) is -3.73. The Morgan fingerprint density at radius 2 is 1.74 bits per heavy atom. The first-order valence-electron chi connectivity index (χ1n) is 7.45. The summed E-state index contributed by atoms with van der Waals surface area (Å²) >= 11 is 0. The summed E-state index contributed by atoms with van der Waals surface area (Å²) in [7, 11) is 0. The van der Waals surface area contributed by atoms with E-state index in [0.29, 0.717) is 10.9 Å². The lowest BCUT2D eigenvalue weighted by Gasteiger charge is -2.28. The van der Waals surface area contributed by atoms with Gasteiger partial charge in [0.2, 0.25) is 0 Å². The Morgan fingerprint density at radius 1 is 1.09 bits per heavy atom. The van der Waals surface area contributed by atoms with Crippen molar-refractivity contribution in [2.45, 2.75) is 25.1 Å². The van der Waals surface area contributed by atoms with Crippen molar-refractivity contribution in [2.75, 3.05) is 13.1 Å². The van der Waals surface area contributed by atoms with Crippen LogP contribution in [0.5, 0.6) is 0 Å². The molecule has 1 saturated heterocycles. The normalized spacial score (nSPS) is 17.7. The lowest BCUT2D eigenvalue weighted by atomic mass is 9.86. The van der Waals surface area contributed by atoms with Crippen molar-refractivity contribution < 1.29 is 18.3 Å². The van der Waals surface area contributed by atoms with Crippen molar-refractivity contribution >= 4 is 23.2 Å². The minimum absolute atomic E-state index is 0. The molecule has 2 aromatic rings. The number of benzene rings is 2. The highest BCUT2D eigenvalue weighted by Crippen LogP contribution is 2.38. The van der Waals surface area contributed by atoms with Crippen LogP contribution >= 0.6 is 12.4 Å². The zero-order valence-corrected chi connectivity index (χ0v) is 13.3. The standard InChI is InChI=1S/C17H18F3NO.ClH/c18-17(19,20)15-10-13(9-12-3-1-2-4-14(12)15)16(22)11-5-7-21-8-6-11;/h1-4,9-11,16,21-22H,5-8H2;1H. The van der Waals surface area contributed by atoms with E-state index in [1.165, 1.54) is 6.07 Å². The van der Waals surface area contributed by atoms with Gasteiger partial charge in [-0.25, -0.2) is 0 Å². The van der Waals surface area contributed by atoms with Gasteiger partial charge in [-0.05, 0) is 60.3 Å². The molecule has 0 amide bonds. The Labute approximate surface area is 139 Å². The Kier molecular flexibility index (Phi) is 5.55. The average Bonchev–Trinajstić information content (AvgIpc) is 2.53. The van der Waals surface area contributed by atoms with Crippen LogP contribution in [0.3, 0.4) is 0 Å². The van der Waals surface area contributed by atoms with Gasteiger partial charge in [-0.3, -0.25) is 0 Å². The number of rotatable bonds is 2. The summed E-state index contributed by atoms with van der Waals surface area (Å²) in [5.74, 6) is 0.00324. The molecule has 2 nitrogen and oxygen atoms in total. The molecule has 0 spiro atoms.